The van der Waals surface area contributed by atoms with E-state index in [2.05, 4.69) is 16.4 Å². The van der Waals surface area contributed by atoms with Crippen molar-refractivity contribution >= 4 is 11.3 Å². The second-order valence-electron chi connectivity index (χ2n) is 4.35. The Labute approximate surface area is 104 Å². The van der Waals surface area contributed by atoms with E-state index in [0.29, 0.717) is 6.04 Å². The Morgan fingerprint density at radius 3 is 3.12 bits per heavy atom. The first kappa shape index (κ1) is 10.5. The van der Waals surface area contributed by atoms with Crippen LogP contribution in [0.25, 0.3) is 10.6 Å². The molecule has 1 fully saturated rings. The molecule has 17 heavy (non-hydrogen) atoms. The van der Waals surface area contributed by atoms with E-state index in [9.17, 15) is 0 Å². The Morgan fingerprint density at radius 1 is 1.47 bits per heavy atom. The second kappa shape index (κ2) is 4.30. The molecule has 2 heterocycles. The molecule has 3 rings (SSSR count). The van der Waals surface area contributed by atoms with Crippen molar-refractivity contribution in [3.05, 3.63) is 23.7 Å². The molecule has 0 radical (unpaired) electrons. The van der Waals surface area contributed by atoms with Crippen LogP contribution in [0.15, 0.2) is 23.7 Å². The zero-order valence-electron chi connectivity index (χ0n) is 9.28. The van der Waals surface area contributed by atoms with Gasteiger partial charge in [0.2, 0.25) is 0 Å². The summed E-state index contributed by atoms with van der Waals surface area (Å²) in [6.45, 7) is 0. The molecule has 2 aromatic heterocycles. The number of hydrogen-bond acceptors (Lipinski definition) is 4. The van der Waals surface area contributed by atoms with Crippen molar-refractivity contribution in [1.82, 2.24) is 15.0 Å². The predicted octanol–water partition coefficient (Wildman–Crippen LogP) is 2.87. The molecule has 2 unspecified atom stereocenters. The molecule has 2 aromatic rings. The van der Waals surface area contributed by atoms with Crippen LogP contribution >= 0.6 is 11.3 Å². The van der Waals surface area contributed by atoms with Crippen molar-refractivity contribution in [2.75, 3.05) is 0 Å². The quantitative estimate of drug-likeness (QED) is 0.816. The van der Waals surface area contributed by atoms with E-state index in [0.717, 1.165) is 29.8 Å². The first-order valence-electron chi connectivity index (χ1n) is 5.72. The number of rotatable bonds is 2. The first-order valence-corrected chi connectivity index (χ1v) is 6.60. The number of thiophene rings is 1. The maximum atomic E-state index is 8.89. The molecular weight excluding hydrogens is 232 g/mol. The molecule has 0 bridgehead atoms. The van der Waals surface area contributed by atoms with Gasteiger partial charge in [0.1, 0.15) is 5.69 Å². The van der Waals surface area contributed by atoms with Gasteiger partial charge in [-0.3, -0.25) is 0 Å². The molecule has 1 saturated carbocycles. The lowest BCUT2D eigenvalue weighted by Crippen LogP contribution is -2.06. The van der Waals surface area contributed by atoms with Crippen LogP contribution in [-0.2, 0) is 0 Å². The third kappa shape index (κ3) is 1.96. The van der Waals surface area contributed by atoms with E-state index in [-0.39, 0.29) is 5.92 Å². The highest BCUT2D eigenvalue weighted by atomic mass is 32.1. The third-order valence-corrected chi connectivity index (χ3v) is 4.14. The third-order valence-electron chi connectivity index (χ3n) is 3.25. The standard InChI is InChI=1S/C12H12N4S/c13-7-9-3-4-10(6-9)16-8-11(14-15-16)12-2-1-5-17-12/h1-2,5,8-10H,3-4,6H2. The van der Waals surface area contributed by atoms with Gasteiger partial charge in [0, 0.05) is 5.92 Å². The predicted molar refractivity (Wildman–Crippen MR) is 65.3 cm³/mol. The monoisotopic (exact) mass is 244 g/mol. The molecular formula is C12H12N4S. The van der Waals surface area contributed by atoms with Gasteiger partial charge >= 0.3 is 0 Å². The van der Waals surface area contributed by atoms with Gasteiger partial charge in [-0.1, -0.05) is 11.3 Å². The average Bonchev–Trinajstić information content (AvgIpc) is 3.09. The Bertz CT molecular complexity index is 537. The van der Waals surface area contributed by atoms with Crippen LogP contribution in [-0.4, -0.2) is 15.0 Å². The maximum absolute atomic E-state index is 8.89. The fourth-order valence-electron chi connectivity index (χ4n) is 2.31. The minimum absolute atomic E-state index is 0.189. The molecule has 0 N–H and O–H groups in total. The summed E-state index contributed by atoms with van der Waals surface area (Å²) in [5, 5.41) is 19.3. The van der Waals surface area contributed by atoms with Gasteiger partial charge in [0.05, 0.1) is 23.2 Å². The summed E-state index contributed by atoms with van der Waals surface area (Å²) in [7, 11) is 0. The number of hydrogen-bond donors (Lipinski definition) is 0. The lowest BCUT2D eigenvalue weighted by atomic mass is 10.1. The van der Waals surface area contributed by atoms with E-state index >= 15 is 0 Å². The van der Waals surface area contributed by atoms with Crippen molar-refractivity contribution < 1.29 is 0 Å². The fraction of sp³-hybridized carbons (Fsp3) is 0.417. The summed E-state index contributed by atoms with van der Waals surface area (Å²) in [5.74, 6) is 0.189. The second-order valence-corrected chi connectivity index (χ2v) is 5.30. The Morgan fingerprint density at radius 2 is 2.41 bits per heavy atom. The van der Waals surface area contributed by atoms with Gasteiger partial charge in [-0.25, -0.2) is 4.68 Å². The SMILES string of the molecule is N#CC1CCC(n2cc(-c3cccs3)nn2)C1. The Balaban J connectivity index is 1.80. The largest absolute Gasteiger partial charge is 0.249 e. The van der Waals surface area contributed by atoms with Gasteiger partial charge in [-0.05, 0) is 30.7 Å². The van der Waals surface area contributed by atoms with Crippen LogP contribution in [0.2, 0.25) is 0 Å². The molecule has 2 atom stereocenters. The molecule has 1 aliphatic carbocycles. The highest BCUT2D eigenvalue weighted by Crippen LogP contribution is 2.34. The first-order chi connectivity index (χ1) is 8.36. The van der Waals surface area contributed by atoms with E-state index < -0.39 is 0 Å². The van der Waals surface area contributed by atoms with Crippen LogP contribution < -0.4 is 0 Å². The van der Waals surface area contributed by atoms with Crippen molar-refractivity contribution in [2.24, 2.45) is 5.92 Å². The van der Waals surface area contributed by atoms with E-state index in [1.54, 1.807) is 11.3 Å². The normalized spacial score (nSPS) is 23.7. The van der Waals surface area contributed by atoms with Crippen molar-refractivity contribution in [3.8, 4) is 16.6 Å². The van der Waals surface area contributed by atoms with Crippen LogP contribution in [0.3, 0.4) is 0 Å². The highest BCUT2D eigenvalue weighted by Gasteiger charge is 2.26. The molecule has 86 valence electrons. The van der Waals surface area contributed by atoms with Crippen LogP contribution in [0.5, 0.6) is 0 Å². The van der Waals surface area contributed by atoms with Gasteiger partial charge in [0.25, 0.3) is 0 Å². The van der Waals surface area contributed by atoms with Gasteiger partial charge in [0.15, 0.2) is 0 Å². The topological polar surface area (TPSA) is 54.5 Å². The Hall–Kier alpha value is -1.67. The lowest BCUT2D eigenvalue weighted by molar-refractivity contribution is 0.446. The minimum Gasteiger partial charge on any atom is -0.249 e. The van der Waals surface area contributed by atoms with Crippen LogP contribution in [0.4, 0.5) is 0 Å². The average molecular weight is 244 g/mol. The van der Waals surface area contributed by atoms with Crippen LogP contribution in [0.1, 0.15) is 25.3 Å². The lowest BCUT2D eigenvalue weighted by Gasteiger charge is -2.07. The molecule has 4 nitrogen and oxygen atoms in total. The number of aromatic nitrogens is 3. The number of nitriles is 1. The van der Waals surface area contributed by atoms with Crippen molar-refractivity contribution in [3.63, 3.8) is 0 Å². The molecule has 5 heteroatoms. The Kier molecular flexibility index (Phi) is 2.65. The van der Waals surface area contributed by atoms with Crippen LogP contribution in [0, 0.1) is 17.2 Å². The number of nitrogens with zero attached hydrogens (tertiary/aromatic N) is 4. The van der Waals surface area contributed by atoms with Gasteiger partial charge in [-0.15, -0.1) is 16.4 Å². The zero-order chi connectivity index (χ0) is 11.7. The van der Waals surface area contributed by atoms with Crippen molar-refractivity contribution in [1.29, 1.82) is 5.26 Å². The smallest absolute Gasteiger partial charge is 0.122 e. The van der Waals surface area contributed by atoms with Gasteiger partial charge in [-0.2, -0.15) is 5.26 Å². The molecule has 0 saturated heterocycles. The molecule has 0 aliphatic heterocycles. The summed E-state index contributed by atoms with van der Waals surface area (Å²) in [6, 6.07) is 6.75. The summed E-state index contributed by atoms with van der Waals surface area (Å²) in [4.78, 5) is 1.14. The molecule has 1 aliphatic rings. The molecule has 0 amide bonds. The highest BCUT2D eigenvalue weighted by molar-refractivity contribution is 7.13. The summed E-state index contributed by atoms with van der Waals surface area (Å²) >= 11 is 1.67. The van der Waals surface area contributed by atoms with Crippen molar-refractivity contribution in [2.45, 2.75) is 25.3 Å². The van der Waals surface area contributed by atoms with E-state index in [1.165, 1.54) is 0 Å². The zero-order valence-corrected chi connectivity index (χ0v) is 10.1. The fourth-order valence-corrected chi connectivity index (χ4v) is 2.98. The molecule has 0 aromatic carbocycles. The van der Waals surface area contributed by atoms with Gasteiger partial charge < -0.3 is 0 Å². The molecule has 0 spiro atoms. The summed E-state index contributed by atoms with van der Waals surface area (Å²) < 4.78 is 1.92. The van der Waals surface area contributed by atoms with E-state index in [4.69, 9.17) is 5.26 Å². The summed E-state index contributed by atoms with van der Waals surface area (Å²) in [5.41, 5.74) is 0.931. The minimum atomic E-state index is 0.189. The van der Waals surface area contributed by atoms with E-state index in [1.807, 2.05) is 28.4 Å². The summed E-state index contributed by atoms with van der Waals surface area (Å²) in [6.07, 6.45) is 4.92. The maximum Gasteiger partial charge on any atom is 0.122 e.